The lowest BCUT2D eigenvalue weighted by Crippen LogP contribution is -2.49. The summed E-state index contributed by atoms with van der Waals surface area (Å²) < 4.78 is 0. The molecule has 0 aliphatic heterocycles. The molecule has 2 rings (SSSR count). The lowest BCUT2D eigenvalue weighted by Gasteiger charge is -2.26. The Morgan fingerprint density at radius 2 is 1.68 bits per heavy atom. The maximum Gasteiger partial charge on any atom is 0.270 e. The standard InChI is InChI=1S/C16H16ClN3OS/c1-10-4-3-5-11(2)14(10)20(16(18)22)19-15(21)12-6-8-13(17)9-7-12/h3-9H,1-2H3,(H2,18,22)(H,19,21). The van der Waals surface area contributed by atoms with Crippen molar-refractivity contribution < 1.29 is 4.79 Å². The first-order valence-electron chi connectivity index (χ1n) is 6.62. The molecule has 114 valence electrons. The van der Waals surface area contributed by atoms with E-state index in [-0.39, 0.29) is 11.0 Å². The SMILES string of the molecule is Cc1cccc(C)c1N(NC(=O)c1ccc(Cl)cc1)C(N)=S. The Bertz CT molecular complexity index is 696. The summed E-state index contributed by atoms with van der Waals surface area (Å²) in [6.45, 7) is 3.87. The van der Waals surface area contributed by atoms with E-state index in [0.717, 1.165) is 16.8 Å². The fourth-order valence-electron chi connectivity index (χ4n) is 2.15. The first kappa shape index (κ1) is 16.3. The monoisotopic (exact) mass is 333 g/mol. The second kappa shape index (κ2) is 6.77. The lowest BCUT2D eigenvalue weighted by atomic mass is 10.1. The minimum Gasteiger partial charge on any atom is -0.374 e. The first-order chi connectivity index (χ1) is 10.4. The summed E-state index contributed by atoms with van der Waals surface area (Å²) in [4.78, 5) is 12.4. The molecule has 0 atom stereocenters. The van der Waals surface area contributed by atoms with E-state index in [2.05, 4.69) is 5.43 Å². The van der Waals surface area contributed by atoms with Crippen molar-refractivity contribution in [1.82, 2.24) is 5.43 Å². The number of carbonyl (C=O) groups is 1. The summed E-state index contributed by atoms with van der Waals surface area (Å²) in [5.41, 5.74) is 11.7. The van der Waals surface area contributed by atoms with E-state index in [9.17, 15) is 4.79 Å². The highest BCUT2D eigenvalue weighted by Gasteiger charge is 2.18. The van der Waals surface area contributed by atoms with Crippen molar-refractivity contribution >= 4 is 40.5 Å². The van der Waals surface area contributed by atoms with Gasteiger partial charge in [-0.3, -0.25) is 10.2 Å². The van der Waals surface area contributed by atoms with Crippen LogP contribution in [0.25, 0.3) is 0 Å². The van der Waals surface area contributed by atoms with Gasteiger partial charge in [-0.2, -0.15) is 0 Å². The largest absolute Gasteiger partial charge is 0.374 e. The van der Waals surface area contributed by atoms with Crippen molar-refractivity contribution in [3.63, 3.8) is 0 Å². The normalized spacial score (nSPS) is 10.1. The number of aryl methyl sites for hydroxylation is 2. The number of nitrogens with zero attached hydrogens (tertiary/aromatic N) is 1. The van der Waals surface area contributed by atoms with Crippen molar-refractivity contribution in [1.29, 1.82) is 0 Å². The quantitative estimate of drug-likeness (QED) is 0.653. The fourth-order valence-corrected chi connectivity index (χ4v) is 2.41. The van der Waals surface area contributed by atoms with Gasteiger partial charge < -0.3 is 5.73 Å². The molecular formula is C16H16ClN3OS. The number of halogens is 1. The first-order valence-corrected chi connectivity index (χ1v) is 7.41. The van der Waals surface area contributed by atoms with Gasteiger partial charge >= 0.3 is 0 Å². The van der Waals surface area contributed by atoms with Crippen LogP contribution in [0.5, 0.6) is 0 Å². The summed E-state index contributed by atoms with van der Waals surface area (Å²) in [5.74, 6) is -0.313. The van der Waals surface area contributed by atoms with Gasteiger partial charge in [-0.05, 0) is 61.5 Å². The van der Waals surface area contributed by atoms with Crippen LogP contribution in [-0.4, -0.2) is 11.0 Å². The van der Waals surface area contributed by atoms with E-state index in [0.29, 0.717) is 10.6 Å². The number of hydrogen-bond acceptors (Lipinski definition) is 2. The van der Waals surface area contributed by atoms with E-state index in [1.807, 2.05) is 32.0 Å². The van der Waals surface area contributed by atoms with Crippen LogP contribution in [0, 0.1) is 13.8 Å². The molecule has 3 N–H and O–H groups in total. The van der Waals surface area contributed by atoms with Crippen LogP contribution < -0.4 is 16.2 Å². The number of thiocarbonyl (C=S) groups is 1. The van der Waals surface area contributed by atoms with Gasteiger partial charge in [0, 0.05) is 10.6 Å². The van der Waals surface area contributed by atoms with Gasteiger partial charge in [-0.15, -0.1) is 0 Å². The summed E-state index contributed by atoms with van der Waals surface area (Å²) in [7, 11) is 0. The van der Waals surface area contributed by atoms with Crippen LogP contribution in [0.4, 0.5) is 5.69 Å². The van der Waals surface area contributed by atoms with Gasteiger partial charge in [-0.1, -0.05) is 29.8 Å². The molecule has 1 amide bonds. The topological polar surface area (TPSA) is 58.4 Å². The van der Waals surface area contributed by atoms with Crippen LogP contribution in [0.3, 0.4) is 0 Å². The lowest BCUT2D eigenvalue weighted by molar-refractivity contribution is 0.0955. The molecule has 22 heavy (non-hydrogen) atoms. The Hall–Kier alpha value is -2.11. The maximum absolute atomic E-state index is 12.4. The zero-order chi connectivity index (χ0) is 16.3. The highest BCUT2D eigenvalue weighted by atomic mass is 35.5. The highest BCUT2D eigenvalue weighted by molar-refractivity contribution is 7.80. The average molecular weight is 334 g/mol. The molecule has 0 saturated carbocycles. The van der Waals surface area contributed by atoms with E-state index in [1.54, 1.807) is 24.3 Å². The number of anilines is 1. The summed E-state index contributed by atoms with van der Waals surface area (Å²) >= 11 is 10.9. The Morgan fingerprint density at radius 3 is 2.18 bits per heavy atom. The zero-order valence-corrected chi connectivity index (χ0v) is 13.8. The molecule has 0 heterocycles. The summed E-state index contributed by atoms with van der Waals surface area (Å²) in [6.07, 6.45) is 0. The van der Waals surface area contributed by atoms with Crippen LogP contribution in [-0.2, 0) is 0 Å². The molecule has 0 fully saturated rings. The van der Waals surface area contributed by atoms with Gasteiger partial charge in [0.2, 0.25) is 0 Å². The molecule has 0 aliphatic rings. The average Bonchev–Trinajstić information content (AvgIpc) is 2.46. The van der Waals surface area contributed by atoms with Gasteiger partial charge in [0.15, 0.2) is 5.11 Å². The smallest absolute Gasteiger partial charge is 0.270 e. The Labute approximate surface area is 139 Å². The molecule has 0 spiro atoms. The predicted molar refractivity (Wildman–Crippen MR) is 94.1 cm³/mol. The van der Waals surface area contributed by atoms with Crippen molar-refractivity contribution in [3.8, 4) is 0 Å². The van der Waals surface area contributed by atoms with Gasteiger partial charge in [0.1, 0.15) is 0 Å². The Balaban J connectivity index is 2.32. The number of carbonyl (C=O) groups excluding carboxylic acids is 1. The molecule has 0 aliphatic carbocycles. The van der Waals surface area contributed by atoms with E-state index in [1.165, 1.54) is 5.01 Å². The molecule has 0 radical (unpaired) electrons. The minimum absolute atomic E-state index is 0.0692. The molecule has 0 bridgehead atoms. The molecule has 0 unspecified atom stereocenters. The van der Waals surface area contributed by atoms with Crippen molar-refractivity contribution in [3.05, 3.63) is 64.2 Å². The zero-order valence-electron chi connectivity index (χ0n) is 12.3. The van der Waals surface area contributed by atoms with Crippen LogP contribution in [0.15, 0.2) is 42.5 Å². The second-order valence-electron chi connectivity index (χ2n) is 4.86. The third-order valence-corrected chi connectivity index (χ3v) is 3.64. The van der Waals surface area contributed by atoms with Crippen molar-refractivity contribution in [2.24, 2.45) is 5.73 Å². The van der Waals surface area contributed by atoms with E-state index < -0.39 is 0 Å². The number of rotatable bonds is 2. The maximum atomic E-state index is 12.4. The van der Waals surface area contributed by atoms with Crippen LogP contribution in [0.2, 0.25) is 5.02 Å². The van der Waals surface area contributed by atoms with Crippen molar-refractivity contribution in [2.45, 2.75) is 13.8 Å². The summed E-state index contributed by atoms with van der Waals surface area (Å²) in [5, 5.41) is 2.06. The molecule has 0 aromatic heterocycles. The highest BCUT2D eigenvalue weighted by Crippen LogP contribution is 2.23. The third-order valence-electron chi connectivity index (χ3n) is 3.20. The Morgan fingerprint density at radius 1 is 1.14 bits per heavy atom. The second-order valence-corrected chi connectivity index (χ2v) is 5.72. The molecular weight excluding hydrogens is 318 g/mol. The minimum atomic E-state index is -0.313. The number of hydrazine groups is 1. The van der Waals surface area contributed by atoms with E-state index in [4.69, 9.17) is 29.6 Å². The van der Waals surface area contributed by atoms with Crippen LogP contribution in [0.1, 0.15) is 21.5 Å². The molecule has 2 aromatic carbocycles. The number of nitrogens with one attached hydrogen (secondary N) is 1. The van der Waals surface area contributed by atoms with Crippen LogP contribution >= 0.6 is 23.8 Å². The summed E-state index contributed by atoms with van der Waals surface area (Å²) in [6, 6.07) is 12.4. The number of amides is 1. The molecule has 2 aromatic rings. The number of para-hydroxylation sites is 1. The van der Waals surface area contributed by atoms with Gasteiger partial charge in [0.05, 0.1) is 5.69 Å². The number of benzene rings is 2. The molecule has 0 saturated heterocycles. The number of nitrogens with two attached hydrogens (primary N) is 1. The predicted octanol–water partition coefficient (Wildman–Crippen LogP) is 3.35. The van der Waals surface area contributed by atoms with Gasteiger partial charge in [-0.25, -0.2) is 5.01 Å². The van der Waals surface area contributed by atoms with Gasteiger partial charge in [0.25, 0.3) is 5.91 Å². The molecule has 4 nitrogen and oxygen atoms in total. The van der Waals surface area contributed by atoms with Crippen molar-refractivity contribution in [2.75, 3.05) is 5.01 Å². The fraction of sp³-hybridized carbons (Fsp3) is 0.125. The molecule has 6 heteroatoms. The Kier molecular flexibility index (Phi) is 5.00. The van der Waals surface area contributed by atoms with E-state index >= 15 is 0 Å². The number of hydrogen-bond donors (Lipinski definition) is 2. The third kappa shape index (κ3) is 3.55.